The number of rotatable bonds is 7. The lowest BCUT2D eigenvalue weighted by atomic mass is 9.97. The maximum Gasteiger partial charge on any atom is 0.261 e. The largest absolute Gasteiger partial charge is 0.396 e. The van der Waals surface area contributed by atoms with Gasteiger partial charge in [-0.1, -0.05) is 11.6 Å². The molecule has 1 heterocycles. The normalized spacial score (nSPS) is 16.0. The first kappa shape index (κ1) is 23.8. The Morgan fingerprint density at radius 2 is 1.61 bits per heavy atom. The number of hydrogen-bond donors (Lipinski definition) is 2. The van der Waals surface area contributed by atoms with Crippen LogP contribution in [-0.2, 0) is 20.0 Å². The van der Waals surface area contributed by atoms with Gasteiger partial charge in [0, 0.05) is 38.8 Å². The van der Waals surface area contributed by atoms with Gasteiger partial charge in [0.2, 0.25) is 10.0 Å². The van der Waals surface area contributed by atoms with E-state index >= 15 is 0 Å². The predicted octanol–water partition coefficient (Wildman–Crippen LogP) is 2.60. The van der Waals surface area contributed by atoms with E-state index in [1.165, 1.54) is 38.4 Å². The highest BCUT2D eigenvalue weighted by atomic mass is 35.5. The Balaban J connectivity index is 1.87. The summed E-state index contributed by atoms with van der Waals surface area (Å²) in [5, 5.41) is 9.74. The zero-order chi connectivity index (χ0) is 22.8. The molecule has 1 aliphatic heterocycles. The lowest BCUT2D eigenvalue weighted by Crippen LogP contribution is -2.35. The first-order chi connectivity index (χ1) is 14.5. The average Bonchev–Trinajstić information content (AvgIpc) is 2.74. The van der Waals surface area contributed by atoms with Crippen LogP contribution in [0.1, 0.15) is 12.8 Å². The molecule has 0 spiro atoms. The lowest BCUT2D eigenvalue weighted by Gasteiger charge is -2.34. The van der Waals surface area contributed by atoms with Crippen molar-refractivity contribution < 1.29 is 21.9 Å². The molecule has 0 aromatic heterocycles. The van der Waals surface area contributed by atoms with Crippen LogP contribution < -0.4 is 9.62 Å². The molecule has 1 saturated heterocycles. The van der Waals surface area contributed by atoms with Crippen LogP contribution in [0, 0.1) is 5.92 Å². The number of aliphatic hydroxyl groups excluding tert-OH is 1. The fraction of sp³-hybridized carbons (Fsp3) is 0.400. The molecular formula is C20H26ClN3O5S2. The van der Waals surface area contributed by atoms with Gasteiger partial charge in [0.05, 0.1) is 21.2 Å². The number of halogens is 1. The first-order valence-electron chi connectivity index (χ1n) is 9.75. The molecular weight excluding hydrogens is 462 g/mol. The van der Waals surface area contributed by atoms with Crippen LogP contribution in [0.5, 0.6) is 0 Å². The molecule has 1 fully saturated rings. The smallest absolute Gasteiger partial charge is 0.261 e. The summed E-state index contributed by atoms with van der Waals surface area (Å²) in [5.41, 5.74) is 1.05. The van der Waals surface area contributed by atoms with Crippen molar-refractivity contribution in [2.45, 2.75) is 22.6 Å². The molecule has 8 nitrogen and oxygen atoms in total. The van der Waals surface area contributed by atoms with E-state index in [2.05, 4.69) is 9.62 Å². The maximum atomic E-state index is 13.0. The highest BCUT2D eigenvalue weighted by molar-refractivity contribution is 7.92. The summed E-state index contributed by atoms with van der Waals surface area (Å²) in [6.45, 7) is 1.53. The number of nitrogens with zero attached hydrogens (tertiary/aromatic N) is 2. The Bertz CT molecular complexity index is 1130. The minimum absolute atomic E-state index is 0.00616. The van der Waals surface area contributed by atoms with Gasteiger partial charge in [0.1, 0.15) is 0 Å². The Kier molecular flexibility index (Phi) is 7.17. The monoisotopic (exact) mass is 487 g/mol. The molecule has 3 rings (SSSR count). The summed E-state index contributed by atoms with van der Waals surface area (Å²) >= 11 is 6.12. The molecule has 170 valence electrons. The third-order valence-electron chi connectivity index (χ3n) is 5.33. The van der Waals surface area contributed by atoms with Crippen molar-refractivity contribution in [1.82, 2.24) is 4.31 Å². The van der Waals surface area contributed by atoms with Crippen LogP contribution in [0.2, 0.25) is 5.02 Å². The topological polar surface area (TPSA) is 107 Å². The van der Waals surface area contributed by atoms with Gasteiger partial charge in [0.25, 0.3) is 10.0 Å². The molecule has 0 bridgehead atoms. The molecule has 2 aromatic carbocycles. The van der Waals surface area contributed by atoms with Gasteiger partial charge in [0.15, 0.2) is 0 Å². The lowest BCUT2D eigenvalue weighted by molar-refractivity contribution is 0.203. The predicted molar refractivity (Wildman–Crippen MR) is 122 cm³/mol. The summed E-state index contributed by atoms with van der Waals surface area (Å²) in [6, 6.07) is 10.1. The molecule has 0 atom stereocenters. The molecule has 0 radical (unpaired) electrons. The Hall–Kier alpha value is -1.85. The van der Waals surface area contributed by atoms with Crippen LogP contribution in [0.4, 0.5) is 11.4 Å². The molecule has 11 heteroatoms. The van der Waals surface area contributed by atoms with Gasteiger partial charge in [-0.05, 0) is 61.2 Å². The SMILES string of the molecule is CN(C)S(=O)(=O)c1ccc(S(=O)(=O)Nc2cc(Cl)ccc2N2CCC(CO)CC2)cc1. The maximum absolute atomic E-state index is 13.0. The number of piperidine rings is 1. The fourth-order valence-corrected chi connectivity index (χ4v) is 5.57. The van der Waals surface area contributed by atoms with E-state index in [9.17, 15) is 21.9 Å². The van der Waals surface area contributed by atoms with Crippen LogP contribution in [0.15, 0.2) is 52.3 Å². The summed E-state index contributed by atoms with van der Waals surface area (Å²) in [6.07, 6.45) is 1.63. The summed E-state index contributed by atoms with van der Waals surface area (Å²) in [4.78, 5) is 2.01. The zero-order valence-electron chi connectivity index (χ0n) is 17.3. The van der Waals surface area contributed by atoms with Crippen LogP contribution in [0.3, 0.4) is 0 Å². The van der Waals surface area contributed by atoms with E-state index in [1.54, 1.807) is 18.2 Å². The van der Waals surface area contributed by atoms with Crippen LogP contribution in [-0.4, -0.2) is 60.0 Å². The second-order valence-corrected chi connectivity index (χ2v) is 11.9. The van der Waals surface area contributed by atoms with Crippen molar-refractivity contribution in [1.29, 1.82) is 0 Å². The van der Waals surface area contributed by atoms with E-state index in [4.69, 9.17) is 11.6 Å². The molecule has 0 aliphatic carbocycles. The van der Waals surface area contributed by atoms with Gasteiger partial charge >= 0.3 is 0 Å². The van der Waals surface area contributed by atoms with Crippen molar-refractivity contribution >= 4 is 43.0 Å². The van der Waals surface area contributed by atoms with E-state index in [-0.39, 0.29) is 22.3 Å². The quantitative estimate of drug-likeness (QED) is 0.621. The molecule has 2 aromatic rings. The van der Waals surface area contributed by atoms with Gasteiger partial charge in [-0.15, -0.1) is 0 Å². The molecule has 0 saturated carbocycles. The number of nitrogens with one attached hydrogen (secondary N) is 1. The summed E-state index contributed by atoms with van der Waals surface area (Å²) in [5.74, 6) is 0.251. The van der Waals surface area contributed by atoms with Gasteiger partial charge < -0.3 is 10.0 Å². The third kappa shape index (κ3) is 5.32. The Morgan fingerprint density at radius 3 is 2.16 bits per heavy atom. The summed E-state index contributed by atoms with van der Waals surface area (Å²) in [7, 11) is -4.81. The van der Waals surface area contributed by atoms with Crippen molar-refractivity contribution in [2.75, 3.05) is 43.4 Å². The van der Waals surface area contributed by atoms with Gasteiger partial charge in [-0.2, -0.15) is 0 Å². The number of benzene rings is 2. The van der Waals surface area contributed by atoms with E-state index < -0.39 is 20.0 Å². The number of aliphatic hydroxyl groups is 1. The standard InChI is InChI=1S/C20H26ClN3O5S2/c1-23(2)31(28,29)18-6-4-17(5-7-18)30(26,27)22-19-13-16(21)3-8-20(19)24-11-9-15(14-25)10-12-24/h3-8,13,15,22,25H,9-12,14H2,1-2H3. The Morgan fingerprint density at radius 1 is 1.03 bits per heavy atom. The van der Waals surface area contributed by atoms with Gasteiger partial charge in [-0.25, -0.2) is 21.1 Å². The van der Waals surface area contributed by atoms with Crippen LogP contribution in [0.25, 0.3) is 0 Å². The first-order valence-corrected chi connectivity index (χ1v) is 13.1. The minimum Gasteiger partial charge on any atom is -0.396 e. The summed E-state index contributed by atoms with van der Waals surface area (Å²) < 4.78 is 54.0. The highest BCUT2D eigenvalue weighted by Crippen LogP contribution is 2.33. The highest BCUT2D eigenvalue weighted by Gasteiger charge is 2.24. The van der Waals surface area contributed by atoms with Crippen molar-refractivity contribution in [3.63, 3.8) is 0 Å². The Labute approximate surface area is 188 Å². The molecule has 31 heavy (non-hydrogen) atoms. The zero-order valence-corrected chi connectivity index (χ0v) is 19.7. The average molecular weight is 488 g/mol. The van der Waals surface area contributed by atoms with E-state index in [0.717, 1.165) is 17.1 Å². The number of anilines is 2. The van der Waals surface area contributed by atoms with Crippen molar-refractivity contribution in [2.24, 2.45) is 5.92 Å². The second kappa shape index (κ2) is 9.33. The molecule has 0 amide bonds. The van der Waals surface area contributed by atoms with Crippen molar-refractivity contribution in [3.05, 3.63) is 47.5 Å². The number of hydrogen-bond acceptors (Lipinski definition) is 6. The minimum atomic E-state index is -3.97. The third-order valence-corrected chi connectivity index (χ3v) is 8.77. The van der Waals surface area contributed by atoms with Gasteiger partial charge in [-0.3, -0.25) is 4.72 Å². The van der Waals surface area contributed by atoms with E-state index in [0.29, 0.717) is 29.5 Å². The van der Waals surface area contributed by atoms with E-state index in [1.807, 2.05) is 0 Å². The molecule has 1 aliphatic rings. The van der Waals surface area contributed by atoms with Crippen LogP contribution >= 0.6 is 11.6 Å². The van der Waals surface area contributed by atoms with Crippen molar-refractivity contribution in [3.8, 4) is 0 Å². The number of sulfonamides is 2. The second-order valence-electron chi connectivity index (χ2n) is 7.64. The molecule has 2 N–H and O–H groups in total. The fourth-order valence-electron chi connectivity index (χ4n) is 3.43. The molecule has 0 unspecified atom stereocenters.